The molecule has 3 aliphatic heterocycles. The smallest absolute Gasteiger partial charge is 0.167 e. The van der Waals surface area contributed by atoms with E-state index in [4.69, 9.17) is 23.7 Å². The first-order chi connectivity index (χ1) is 19.1. The number of fused-ring (bicyclic) bond motifs is 7. The zero-order valence-electron chi connectivity index (χ0n) is 26.7. The van der Waals surface area contributed by atoms with Crippen molar-refractivity contribution in [3.63, 3.8) is 0 Å². The molecule has 7 atom stereocenters. The van der Waals surface area contributed by atoms with E-state index in [9.17, 15) is 0 Å². The van der Waals surface area contributed by atoms with E-state index in [1.807, 2.05) is 0 Å². The number of likely N-dealkylation sites (N-methyl/N-ethyl adjacent to an activating group) is 1. The second-order valence-electron chi connectivity index (χ2n) is 12.0. The van der Waals surface area contributed by atoms with Gasteiger partial charge < -0.3 is 23.7 Å². The van der Waals surface area contributed by atoms with Gasteiger partial charge in [-0.1, -0.05) is 20.8 Å². The van der Waals surface area contributed by atoms with Crippen LogP contribution in [0.1, 0.15) is 97.0 Å². The molecule has 0 amide bonds. The first-order valence-electron chi connectivity index (χ1n) is 14.6. The summed E-state index contributed by atoms with van der Waals surface area (Å²) >= 11 is 0. The lowest BCUT2D eigenvalue weighted by atomic mass is 9.64. The predicted molar refractivity (Wildman–Crippen MR) is 159 cm³/mol. The molecule has 2 aromatic carbocycles. The summed E-state index contributed by atoms with van der Waals surface area (Å²) in [5, 5.41) is 0. The van der Waals surface area contributed by atoms with Crippen LogP contribution in [0, 0.1) is 20.8 Å². The monoisotopic (exact) mass is 552 g/mol. The Bertz CT molecular complexity index is 1320. The number of nitrogens with zero attached hydrogens (tertiary/aromatic N) is 2. The summed E-state index contributed by atoms with van der Waals surface area (Å²) in [6.07, 6.45) is 0.948. The number of hydrogen-bond acceptors (Lipinski definition) is 7. The van der Waals surface area contributed by atoms with Gasteiger partial charge in [0.05, 0.1) is 41.6 Å². The lowest BCUT2D eigenvalue weighted by Crippen LogP contribution is -2.69. The Labute approximate surface area is 240 Å². The highest BCUT2D eigenvalue weighted by molar-refractivity contribution is 5.67. The Hall–Kier alpha value is -2.64. The van der Waals surface area contributed by atoms with Gasteiger partial charge in [-0.25, -0.2) is 0 Å². The van der Waals surface area contributed by atoms with Crippen molar-refractivity contribution in [2.75, 3.05) is 42.6 Å². The van der Waals surface area contributed by atoms with Gasteiger partial charge in [0, 0.05) is 52.3 Å². The molecule has 0 aromatic heterocycles. The molecule has 1 saturated heterocycles. The maximum atomic E-state index is 6.22. The fourth-order valence-corrected chi connectivity index (χ4v) is 9.11. The van der Waals surface area contributed by atoms with Crippen LogP contribution in [0.2, 0.25) is 0 Å². The standard InChI is InChI=1S/C33H48N2O5/c1-14-21-24-23(29(36-9)19(6)31(38-11)32(24)39-12)18(5)27-28-25-22(15(2)16(3)30(37-10)33(25)40-13)17(4)26(34(28)8)20(7)35(21)27/h17-18,20-21,26-28H,14H2,1-13H3/t17?,18?,20?,21-,26?,27?,28?/m0/s1. The van der Waals surface area contributed by atoms with Crippen LogP contribution in [0.25, 0.3) is 0 Å². The van der Waals surface area contributed by atoms with Crippen molar-refractivity contribution in [2.45, 2.75) is 96.9 Å². The summed E-state index contributed by atoms with van der Waals surface area (Å²) < 4.78 is 30.5. The van der Waals surface area contributed by atoms with Gasteiger partial charge in [0.15, 0.2) is 23.0 Å². The van der Waals surface area contributed by atoms with Gasteiger partial charge in [0.25, 0.3) is 0 Å². The van der Waals surface area contributed by atoms with Crippen molar-refractivity contribution in [1.82, 2.24) is 9.80 Å². The van der Waals surface area contributed by atoms with Gasteiger partial charge >= 0.3 is 0 Å². The molecule has 0 radical (unpaired) electrons. The van der Waals surface area contributed by atoms with Crippen LogP contribution in [0.5, 0.6) is 28.7 Å². The second kappa shape index (κ2) is 10.3. The van der Waals surface area contributed by atoms with Crippen LogP contribution < -0.4 is 23.7 Å². The number of ether oxygens (including phenoxy) is 5. The summed E-state index contributed by atoms with van der Waals surface area (Å²) in [6.45, 7) is 16.0. The van der Waals surface area contributed by atoms with Crippen molar-refractivity contribution < 1.29 is 23.7 Å². The Morgan fingerprint density at radius 3 is 1.60 bits per heavy atom. The fourth-order valence-electron chi connectivity index (χ4n) is 9.11. The van der Waals surface area contributed by atoms with Gasteiger partial charge in [-0.05, 0) is 63.8 Å². The van der Waals surface area contributed by atoms with E-state index in [1.54, 1.807) is 35.5 Å². The molecule has 220 valence electrons. The fraction of sp³-hybridized carbons (Fsp3) is 0.636. The molecular weight excluding hydrogens is 504 g/mol. The predicted octanol–water partition coefficient (Wildman–Crippen LogP) is 6.45. The highest BCUT2D eigenvalue weighted by atomic mass is 16.5. The SMILES string of the molecule is CC[C@H]1c2c(OC)c(OC)c(C)c(OC)c2C(C)C2C3c4c(OC)c(OC)c(C)c(C)c4C(C)C(C(C)N21)N3C. The topological polar surface area (TPSA) is 52.6 Å². The molecule has 0 N–H and O–H groups in total. The Morgan fingerprint density at radius 2 is 1.07 bits per heavy atom. The van der Waals surface area contributed by atoms with Crippen molar-refractivity contribution in [1.29, 1.82) is 0 Å². The third-order valence-corrected chi connectivity index (χ3v) is 10.6. The van der Waals surface area contributed by atoms with Gasteiger partial charge in [0.2, 0.25) is 0 Å². The van der Waals surface area contributed by atoms with Crippen LogP contribution in [0.15, 0.2) is 0 Å². The molecule has 0 spiro atoms. The maximum absolute atomic E-state index is 6.22. The molecule has 2 aromatic rings. The molecule has 5 rings (SSSR count). The van der Waals surface area contributed by atoms with E-state index in [1.165, 1.54) is 33.4 Å². The van der Waals surface area contributed by atoms with E-state index in [2.05, 4.69) is 65.3 Å². The number of methoxy groups -OCH3 is 5. The molecular formula is C33H48N2O5. The molecule has 0 saturated carbocycles. The molecule has 3 aliphatic rings. The first-order valence-corrected chi connectivity index (χ1v) is 14.6. The zero-order chi connectivity index (χ0) is 29.4. The molecule has 6 unspecified atom stereocenters. The van der Waals surface area contributed by atoms with Gasteiger partial charge in [-0.3, -0.25) is 9.80 Å². The van der Waals surface area contributed by atoms with E-state index >= 15 is 0 Å². The lowest BCUT2D eigenvalue weighted by Gasteiger charge is -2.64. The Kier molecular flexibility index (Phi) is 7.45. The van der Waals surface area contributed by atoms with Crippen LogP contribution in [0.4, 0.5) is 0 Å². The van der Waals surface area contributed by atoms with Crippen LogP contribution >= 0.6 is 0 Å². The van der Waals surface area contributed by atoms with Crippen molar-refractivity contribution in [2.24, 2.45) is 0 Å². The summed E-state index contributed by atoms with van der Waals surface area (Å²) in [5.41, 5.74) is 8.61. The molecule has 0 aliphatic carbocycles. The van der Waals surface area contributed by atoms with Gasteiger partial charge in [-0.2, -0.15) is 0 Å². The highest BCUT2D eigenvalue weighted by Gasteiger charge is 2.58. The minimum absolute atomic E-state index is 0.117. The van der Waals surface area contributed by atoms with Gasteiger partial charge in [-0.15, -0.1) is 0 Å². The zero-order valence-corrected chi connectivity index (χ0v) is 26.7. The minimum Gasteiger partial charge on any atom is -0.496 e. The van der Waals surface area contributed by atoms with Crippen molar-refractivity contribution in [3.8, 4) is 28.7 Å². The third kappa shape index (κ3) is 3.49. The molecule has 2 bridgehead atoms. The number of hydrogen-bond donors (Lipinski definition) is 0. The first kappa shape index (κ1) is 28.9. The molecule has 40 heavy (non-hydrogen) atoms. The summed E-state index contributed by atoms with van der Waals surface area (Å²) in [6, 6.07) is 1.10. The highest BCUT2D eigenvalue weighted by Crippen LogP contribution is 2.63. The van der Waals surface area contributed by atoms with E-state index in [0.29, 0.717) is 18.0 Å². The molecule has 7 nitrogen and oxygen atoms in total. The van der Waals surface area contributed by atoms with Crippen molar-refractivity contribution >= 4 is 0 Å². The minimum atomic E-state index is 0.117. The quantitative estimate of drug-likeness (QED) is 0.408. The second-order valence-corrected chi connectivity index (χ2v) is 12.0. The average Bonchev–Trinajstić information content (AvgIpc) is 2.93. The number of rotatable bonds is 6. The average molecular weight is 553 g/mol. The van der Waals surface area contributed by atoms with Crippen LogP contribution in [-0.2, 0) is 0 Å². The lowest BCUT2D eigenvalue weighted by molar-refractivity contribution is -0.101. The third-order valence-electron chi connectivity index (χ3n) is 10.6. The normalized spacial score (nSPS) is 29.3. The largest absolute Gasteiger partial charge is 0.496 e. The Balaban J connectivity index is 1.88. The summed E-state index contributed by atoms with van der Waals surface area (Å²) in [7, 11) is 11.1. The summed E-state index contributed by atoms with van der Waals surface area (Å²) in [5.74, 6) is 4.70. The van der Waals surface area contributed by atoms with E-state index < -0.39 is 0 Å². The molecule has 1 fully saturated rings. The Morgan fingerprint density at radius 1 is 0.575 bits per heavy atom. The van der Waals surface area contributed by atoms with Crippen LogP contribution in [0.3, 0.4) is 0 Å². The van der Waals surface area contributed by atoms with Crippen LogP contribution in [-0.4, -0.2) is 70.5 Å². The van der Waals surface area contributed by atoms with E-state index in [-0.39, 0.29) is 24.0 Å². The van der Waals surface area contributed by atoms with Crippen molar-refractivity contribution in [3.05, 3.63) is 38.9 Å². The summed E-state index contributed by atoms with van der Waals surface area (Å²) in [4.78, 5) is 5.42. The van der Waals surface area contributed by atoms with Gasteiger partial charge in [0.1, 0.15) is 5.75 Å². The molecule has 7 heteroatoms. The van der Waals surface area contributed by atoms with E-state index in [0.717, 1.165) is 40.7 Å². The molecule has 3 heterocycles. The maximum Gasteiger partial charge on any atom is 0.167 e. The number of benzene rings is 2. The number of piperazine rings is 1.